The van der Waals surface area contributed by atoms with Crippen LogP contribution in [0.1, 0.15) is 13.3 Å². The number of methoxy groups -OCH3 is 2. The second kappa shape index (κ2) is 6.93. The van der Waals surface area contributed by atoms with Gasteiger partial charge >= 0.3 is 5.97 Å². The average Bonchev–Trinajstić information content (AvgIpc) is 2.52. The number of carbonyl (C=O) groups excluding carboxylic acids is 2. The molecule has 2 rings (SSSR count). The molecule has 1 aromatic carbocycles. The van der Waals surface area contributed by atoms with Crippen molar-refractivity contribution in [2.24, 2.45) is 5.92 Å². The predicted octanol–water partition coefficient (Wildman–Crippen LogP) is 2.68. The number of hydrogen-bond donors (Lipinski definition) is 0. The van der Waals surface area contributed by atoms with Gasteiger partial charge in [0.25, 0.3) is 5.91 Å². The molecule has 116 valence electrons. The highest BCUT2D eigenvalue weighted by Crippen LogP contribution is 2.24. The Kier molecular flexibility index (Phi) is 4.99. The van der Waals surface area contributed by atoms with Gasteiger partial charge in [-0.25, -0.2) is 0 Å². The number of allylic oxidation sites excluding steroid dienone is 1. The van der Waals surface area contributed by atoms with E-state index >= 15 is 0 Å². The standard InChI is InChI=1S/C17H19NO4/c1-12-10-13(17(20)22-3)8-9-18(16(19)11-12)14-4-6-15(21-2)7-5-14/h4-9,11,13H,10H2,1-3H3/b9-8-,12-11-. The van der Waals surface area contributed by atoms with Crippen molar-refractivity contribution in [3.63, 3.8) is 0 Å². The molecule has 0 aromatic heterocycles. The summed E-state index contributed by atoms with van der Waals surface area (Å²) >= 11 is 0. The molecule has 5 heteroatoms. The van der Waals surface area contributed by atoms with Crippen molar-refractivity contribution >= 4 is 17.6 Å². The van der Waals surface area contributed by atoms with Crippen molar-refractivity contribution in [2.45, 2.75) is 13.3 Å². The van der Waals surface area contributed by atoms with Crippen molar-refractivity contribution in [3.8, 4) is 5.75 Å². The third-order valence-electron chi connectivity index (χ3n) is 3.47. The Morgan fingerprint density at radius 3 is 2.50 bits per heavy atom. The minimum Gasteiger partial charge on any atom is -0.497 e. The molecule has 22 heavy (non-hydrogen) atoms. The number of esters is 1. The number of anilines is 1. The molecule has 0 saturated carbocycles. The lowest BCUT2D eigenvalue weighted by atomic mass is 9.98. The van der Waals surface area contributed by atoms with E-state index in [1.165, 1.54) is 12.0 Å². The number of nitrogens with zero attached hydrogens (tertiary/aromatic N) is 1. The maximum absolute atomic E-state index is 12.3. The van der Waals surface area contributed by atoms with Crippen LogP contribution in [-0.4, -0.2) is 26.1 Å². The molecular weight excluding hydrogens is 282 g/mol. The fourth-order valence-electron chi connectivity index (χ4n) is 2.29. The second-order valence-electron chi connectivity index (χ2n) is 5.07. The summed E-state index contributed by atoms with van der Waals surface area (Å²) in [4.78, 5) is 25.6. The Labute approximate surface area is 129 Å². The van der Waals surface area contributed by atoms with Crippen LogP contribution >= 0.6 is 0 Å². The van der Waals surface area contributed by atoms with E-state index in [4.69, 9.17) is 9.47 Å². The molecule has 1 amide bonds. The highest BCUT2D eigenvalue weighted by atomic mass is 16.5. The van der Waals surface area contributed by atoms with Crippen LogP contribution in [0.2, 0.25) is 0 Å². The molecule has 1 unspecified atom stereocenters. The van der Waals surface area contributed by atoms with E-state index < -0.39 is 5.92 Å². The van der Waals surface area contributed by atoms with Gasteiger partial charge in [0.1, 0.15) is 5.75 Å². The van der Waals surface area contributed by atoms with Gasteiger partial charge in [-0.15, -0.1) is 0 Å². The number of carbonyl (C=O) groups is 2. The van der Waals surface area contributed by atoms with Crippen LogP contribution in [0.25, 0.3) is 0 Å². The molecule has 1 heterocycles. The highest BCUT2D eigenvalue weighted by Gasteiger charge is 2.21. The van der Waals surface area contributed by atoms with E-state index in [2.05, 4.69) is 0 Å². The highest BCUT2D eigenvalue weighted by molar-refractivity contribution is 6.03. The number of benzene rings is 1. The molecule has 1 atom stereocenters. The molecule has 0 fully saturated rings. The maximum Gasteiger partial charge on any atom is 0.312 e. The van der Waals surface area contributed by atoms with E-state index in [1.54, 1.807) is 49.7 Å². The van der Waals surface area contributed by atoms with E-state index in [0.717, 1.165) is 5.57 Å². The van der Waals surface area contributed by atoms with Gasteiger partial charge in [-0.2, -0.15) is 0 Å². The molecule has 0 spiro atoms. The topological polar surface area (TPSA) is 55.8 Å². The monoisotopic (exact) mass is 301 g/mol. The normalized spacial score (nSPS) is 22.1. The molecule has 0 saturated heterocycles. The summed E-state index contributed by atoms with van der Waals surface area (Å²) in [5.74, 6) is -0.142. The minimum atomic E-state index is -0.393. The molecule has 0 N–H and O–H groups in total. The first-order chi connectivity index (χ1) is 10.5. The van der Waals surface area contributed by atoms with Gasteiger partial charge in [-0.1, -0.05) is 11.6 Å². The van der Waals surface area contributed by atoms with Crippen LogP contribution < -0.4 is 9.64 Å². The summed E-state index contributed by atoms with van der Waals surface area (Å²) in [5.41, 5.74) is 1.54. The maximum atomic E-state index is 12.3. The number of ether oxygens (including phenoxy) is 2. The van der Waals surface area contributed by atoms with Crippen LogP contribution in [0.3, 0.4) is 0 Å². The molecule has 0 radical (unpaired) electrons. The number of hydrogen-bond acceptors (Lipinski definition) is 4. The van der Waals surface area contributed by atoms with Gasteiger partial charge < -0.3 is 9.47 Å². The first-order valence-corrected chi connectivity index (χ1v) is 6.95. The molecule has 1 aliphatic rings. The van der Waals surface area contributed by atoms with Crippen molar-refractivity contribution in [1.29, 1.82) is 0 Å². The lowest BCUT2D eigenvalue weighted by molar-refractivity contribution is -0.143. The fourth-order valence-corrected chi connectivity index (χ4v) is 2.29. The van der Waals surface area contributed by atoms with E-state index in [0.29, 0.717) is 17.9 Å². The zero-order valence-corrected chi connectivity index (χ0v) is 12.9. The Morgan fingerprint density at radius 1 is 1.23 bits per heavy atom. The first-order valence-electron chi connectivity index (χ1n) is 6.95. The zero-order valence-electron chi connectivity index (χ0n) is 12.9. The smallest absolute Gasteiger partial charge is 0.312 e. The molecule has 5 nitrogen and oxygen atoms in total. The van der Waals surface area contributed by atoms with E-state index in [-0.39, 0.29) is 11.9 Å². The Balaban J connectivity index is 2.33. The predicted molar refractivity (Wildman–Crippen MR) is 83.5 cm³/mol. The summed E-state index contributed by atoms with van der Waals surface area (Å²) in [6.07, 6.45) is 5.34. The van der Waals surface area contributed by atoms with Gasteiger partial charge in [0.05, 0.1) is 20.1 Å². The Morgan fingerprint density at radius 2 is 1.91 bits per heavy atom. The second-order valence-corrected chi connectivity index (χ2v) is 5.07. The third kappa shape index (κ3) is 3.55. The molecule has 0 bridgehead atoms. The van der Waals surface area contributed by atoms with Crippen molar-refractivity contribution in [3.05, 3.63) is 48.2 Å². The van der Waals surface area contributed by atoms with Gasteiger partial charge in [-0.3, -0.25) is 14.5 Å². The van der Waals surface area contributed by atoms with Gasteiger partial charge in [0.15, 0.2) is 0 Å². The van der Waals surface area contributed by atoms with Crippen molar-refractivity contribution < 1.29 is 19.1 Å². The van der Waals surface area contributed by atoms with E-state index in [1.807, 2.05) is 6.92 Å². The summed E-state index contributed by atoms with van der Waals surface area (Å²) in [7, 11) is 2.95. The quantitative estimate of drug-likeness (QED) is 0.805. The van der Waals surface area contributed by atoms with Crippen LogP contribution in [-0.2, 0) is 14.3 Å². The summed E-state index contributed by atoms with van der Waals surface area (Å²) in [6.45, 7) is 1.83. The zero-order chi connectivity index (χ0) is 16.1. The summed E-state index contributed by atoms with van der Waals surface area (Å²) in [5, 5.41) is 0. The Hall–Kier alpha value is -2.56. The molecular formula is C17H19NO4. The van der Waals surface area contributed by atoms with Gasteiger partial charge in [0, 0.05) is 18.0 Å². The first kappa shape index (κ1) is 15.8. The van der Waals surface area contributed by atoms with Gasteiger partial charge in [-0.05, 0) is 37.6 Å². The largest absolute Gasteiger partial charge is 0.497 e. The molecule has 0 aliphatic carbocycles. The van der Waals surface area contributed by atoms with Crippen LogP contribution in [0, 0.1) is 5.92 Å². The molecule has 1 aromatic rings. The summed E-state index contributed by atoms with van der Waals surface area (Å²) in [6, 6.07) is 7.14. The minimum absolute atomic E-state index is 0.151. The Bertz CT molecular complexity index is 616. The van der Waals surface area contributed by atoms with Crippen LogP contribution in [0.5, 0.6) is 5.75 Å². The number of amides is 1. The lowest BCUT2D eigenvalue weighted by Gasteiger charge is -2.21. The molecule has 1 aliphatic heterocycles. The third-order valence-corrected chi connectivity index (χ3v) is 3.47. The van der Waals surface area contributed by atoms with Crippen molar-refractivity contribution in [1.82, 2.24) is 0 Å². The number of rotatable bonds is 3. The lowest BCUT2D eigenvalue weighted by Crippen LogP contribution is -2.26. The van der Waals surface area contributed by atoms with Crippen molar-refractivity contribution in [2.75, 3.05) is 19.1 Å². The van der Waals surface area contributed by atoms with Crippen LogP contribution in [0.15, 0.2) is 48.2 Å². The SMILES string of the molecule is COC(=O)C1/C=C\N(c2ccc(OC)cc2)C(=O)/C=C(/C)C1. The average molecular weight is 301 g/mol. The van der Waals surface area contributed by atoms with Gasteiger partial charge in [0.2, 0.25) is 0 Å². The summed E-state index contributed by atoms with van der Waals surface area (Å²) < 4.78 is 9.91. The van der Waals surface area contributed by atoms with Crippen LogP contribution in [0.4, 0.5) is 5.69 Å². The van der Waals surface area contributed by atoms with E-state index in [9.17, 15) is 9.59 Å². The fraction of sp³-hybridized carbons (Fsp3) is 0.294.